The van der Waals surface area contributed by atoms with Crippen molar-refractivity contribution in [2.75, 3.05) is 0 Å². The molecular formula is C11H19N. The topological polar surface area (TPSA) is 23.8 Å². The van der Waals surface area contributed by atoms with Crippen LogP contribution in [-0.2, 0) is 0 Å². The first-order valence-electron chi connectivity index (χ1n) is 4.47. The van der Waals surface area contributed by atoms with Crippen molar-refractivity contribution in [3.8, 4) is 6.07 Å². The fourth-order valence-corrected chi connectivity index (χ4v) is 0.827. The van der Waals surface area contributed by atoms with E-state index >= 15 is 0 Å². The molecular weight excluding hydrogens is 146 g/mol. The fraction of sp³-hybridized carbons (Fsp3) is 0.727. The van der Waals surface area contributed by atoms with Crippen molar-refractivity contribution in [3.63, 3.8) is 0 Å². The van der Waals surface area contributed by atoms with Gasteiger partial charge in [0.15, 0.2) is 0 Å². The summed E-state index contributed by atoms with van der Waals surface area (Å²) in [7, 11) is 0. The number of nitrogens with zero attached hydrogens (tertiary/aromatic N) is 1. The molecule has 0 heterocycles. The van der Waals surface area contributed by atoms with Crippen molar-refractivity contribution in [1.29, 1.82) is 5.26 Å². The maximum absolute atomic E-state index is 8.99. The van der Waals surface area contributed by atoms with Crippen molar-refractivity contribution >= 4 is 0 Å². The van der Waals surface area contributed by atoms with Crippen LogP contribution in [0.15, 0.2) is 11.6 Å². The number of rotatable bonds is 3. The predicted molar refractivity (Wildman–Crippen MR) is 52.6 cm³/mol. The SMILES string of the molecule is CC(C)=CC[C@](C)(C#N)C(C)C. The van der Waals surface area contributed by atoms with Crippen LogP contribution in [0.2, 0.25) is 0 Å². The van der Waals surface area contributed by atoms with Crippen molar-refractivity contribution < 1.29 is 0 Å². The molecule has 0 rings (SSSR count). The van der Waals surface area contributed by atoms with Crippen molar-refractivity contribution in [3.05, 3.63) is 11.6 Å². The molecule has 68 valence electrons. The maximum Gasteiger partial charge on any atom is 0.0692 e. The van der Waals surface area contributed by atoms with Crippen LogP contribution in [0, 0.1) is 22.7 Å². The highest BCUT2D eigenvalue weighted by Crippen LogP contribution is 2.30. The van der Waals surface area contributed by atoms with Gasteiger partial charge < -0.3 is 0 Å². The second-order valence-corrected chi connectivity index (χ2v) is 4.17. The third-order valence-electron chi connectivity index (χ3n) is 2.46. The van der Waals surface area contributed by atoms with Crippen molar-refractivity contribution in [1.82, 2.24) is 0 Å². The zero-order valence-corrected chi connectivity index (χ0v) is 8.81. The molecule has 0 fully saturated rings. The second-order valence-electron chi connectivity index (χ2n) is 4.17. The van der Waals surface area contributed by atoms with Gasteiger partial charge >= 0.3 is 0 Å². The summed E-state index contributed by atoms with van der Waals surface area (Å²) >= 11 is 0. The van der Waals surface area contributed by atoms with Gasteiger partial charge in [0.25, 0.3) is 0 Å². The Hall–Kier alpha value is -0.770. The summed E-state index contributed by atoms with van der Waals surface area (Å²) in [5.41, 5.74) is 1.09. The Labute approximate surface area is 76.1 Å². The van der Waals surface area contributed by atoms with Gasteiger partial charge in [0.2, 0.25) is 0 Å². The molecule has 0 radical (unpaired) electrons. The minimum Gasteiger partial charge on any atom is -0.198 e. The largest absolute Gasteiger partial charge is 0.198 e. The van der Waals surface area contributed by atoms with E-state index in [4.69, 9.17) is 5.26 Å². The summed E-state index contributed by atoms with van der Waals surface area (Å²) in [5.74, 6) is 0.415. The third-order valence-corrected chi connectivity index (χ3v) is 2.46. The van der Waals surface area contributed by atoms with Crippen LogP contribution in [0.5, 0.6) is 0 Å². The summed E-state index contributed by atoms with van der Waals surface area (Å²) < 4.78 is 0. The molecule has 0 aromatic rings. The molecule has 0 bridgehead atoms. The quantitative estimate of drug-likeness (QED) is 0.587. The number of allylic oxidation sites excluding steroid dienone is 2. The predicted octanol–water partition coefficient (Wildman–Crippen LogP) is 3.53. The summed E-state index contributed by atoms with van der Waals surface area (Å²) in [6, 6.07) is 2.39. The van der Waals surface area contributed by atoms with Gasteiger partial charge in [-0.25, -0.2) is 0 Å². The summed E-state index contributed by atoms with van der Waals surface area (Å²) in [5, 5.41) is 8.99. The standard InChI is InChI=1S/C11H19N/c1-9(2)6-7-11(5,8-12)10(3)4/h6,10H,7H2,1-5H3/t11-/m1/s1. The highest BCUT2D eigenvalue weighted by Gasteiger charge is 2.26. The fourth-order valence-electron chi connectivity index (χ4n) is 0.827. The molecule has 1 nitrogen and oxygen atoms in total. The minimum atomic E-state index is -0.197. The summed E-state index contributed by atoms with van der Waals surface area (Å²) in [4.78, 5) is 0. The minimum absolute atomic E-state index is 0.197. The smallest absolute Gasteiger partial charge is 0.0692 e. The van der Waals surface area contributed by atoms with Gasteiger partial charge in [0.1, 0.15) is 0 Å². The van der Waals surface area contributed by atoms with Crippen LogP contribution in [0.25, 0.3) is 0 Å². The van der Waals surface area contributed by atoms with Crippen LogP contribution in [0.4, 0.5) is 0 Å². The Kier molecular flexibility index (Phi) is 4.03. The lowest BCUT2D eigenvalue weighted by molar-refractivity contribution is 0.313. The first-order chi connectivity index (χ1) is 5.42. The second kappa shape index (κ2) is 4.30. The van der Waals surface area contributed by atoms with Crippen LogP contribution >= 0.6 is 0 Å². The molecule has 0 aliphatic heterocycles. The lowest BCUT2D eigenvalue weighted by atomic mass is 9.77. The van der Waals surface area contributed by atoms with E-state index in [2.05, 4.69) is 39.8 Å². The molecule has 0 aliphatic carbocycles. The monoisotopic (exact) mass is 165 g/mol. The first kappa shape index (κ1) is 11.2. The Morgan fingerprint density at radius 2 is 2.00 bits per heavy atom. The first-order valence-corrected chi connectivity index (χ1v) is 4.47. The summed E-state index contributed by atoms with van der Waals surface area (Å²) in [6.07, 6.45) is 3.01. The van der Waals surface area contributed by atoms with Gasteiger partial charge in [-0.1, -0.05) is 25.5 Å². The Balaban J connectivity index is 4.38. The summed E-state index contributed by atoms with van der Waals surface area (Å²) in [6.45, 7) is 10.4. The Bertz CT molecular complexity index is 204. The third kappa shape index (κ3) is 3.09. The van der Waals surface area contributed by atoms with Gasteiger partial charge in [0, 0.05) is 0 Å². The molecule has 0 spiro atoms. The maximum atomic E-state index is 8.99. The highest BCUT2D eigenvalue weighted by molar-refractivity contribution is 5.05. The highest BCUT2D eigenvalue weighted by atomic mass is 14.4. The van der Waals surface area contributed by atoms with Crippen LogP contribution in [0.1, 0.15) is 41.0 Å². The lowest BCUT2D eigenvalue weighted by Crippen LogP contribution is -2.20. The Morgan fingerprint density at radius 3 is 2.25 bits per heavy atom. The van der Waals surface area contributed by atoms with E-state index in [0.717, 1.165) is 6.42 Å². The van der Waals surface area contributed by atoms with Crippen LogP contribution in [0.3, 0.4) is 0 Å². The average Bonchev–Trinajstić information content (AvgIpc) is 1.99. The molecule has 0 aromatic heterocycles. The van der Waals surface area contributed by atoms with E-state index in [1.807, 2.05) is 6.92 Å². The van der Waals surface area contributed by atoms with E-state index < -0.39 is 0 Å². The lowest BCUT2D eigenvalue weighted by Gasteiger charge is -2.24. The Morgan fingerprint density at radius 1 is 1.50 bits per heavy atom. The number of hydrogen-bond donors (Lipinski definition) is 0. The van der Waals surface area contributed by atoms with Crippen LogP contribution in [-0.4, -0.2) is 0 Å². The molecule has 0 aromatic carbocycles. The molecule has 0 saturated carbocycles. The van der Waals surface area contributed by atoms with E-state index in [1.165, 1.54) is 5.57 Å². The normalized spacial score (nSPS) is 15.1. The van der Waals surface area contributed by atoms with Gasteiger partial charge in [-0.2, -0.15) is 5.26 Å². The van der Waals surface area contributed by atoms with E-state index in [9.17, 15) is 0 Å². The van der Waals surface area contributed by atoms with Crippen LogP contribution < -0.4 is 0 Å². The molecule has 0 saturated heterocycles. The molecule has 12 heavy (non-hydrogen) atoms. The zero-order chi connectivity index (χ0) is 9.78. The molecule has 0 amide bonds. The molecule has 1 atom stereocenters. The molecule has 0 N–H and O–H groups in total. The van der Waals surface area contributed by atoms with E-state index in [0.29, 0.717) is 5.92 Å². The average molecular weight is 165 g/mol. The zero-order valence-electron chi connectivity index (χ0n) is 8.81. The molecule has 0 aliphatic rings. The van der Waals surface area contributed by atoms with E-state index in [-0.39, 0.29) is 5.41 Å². The molecule has 0 unspecified atom stereocenters. The number of hydrogen-bond acceptors (Lipinski definition) is 1. The number of nitriles is 1. The van der Waals surface area contributed by atoms with Gasteiger partial charge in [0.05, 0.1) is 11.5 Å². The molecule has 1 heteroatoms. The van der Waals surface area contributed by atoms with Crippen molar-refractivity contribution in [2.24, 2.45) is 11.3 Å². The van der Waals surface area contributed by atoms with E-state index in [1.54, 1.807) is 0 Å². The van der Waals surface area contributed by atoms with Crippen molar-refractivity contribution in [2.45, 2.75) is 41.0 Å². The van der Waals surface area contributed by atoms with Gasteiger partial charge in [-0.3, -0.25) is 0 Å². The van der Waals surface area contributed by atoms with Gasteiger partial charge in [-0.05, 0) is 33.1 Å². The van der Waals surface area contributed by atoms with Gasteiger partial charge in [-0.15, -0.1) is 0 Å².